The number of rotatable bonds is 6. The van der Waals surface area contributed by atoms with Gasteiger partial charge in [0.1, 0.15) is 17.0 Å². The number of hydrogen-bond acceptors (Lipinski definition) is 4. The van der Waals surface area contributed by atoms with E-state index in [2.05, 4.69) is 50.7 Å². The van der Waals surface area contributed by atoms with Gasteiger partial charge >= 0.3 is 0 Å². The molecule has 2 aromatic rings. The largest absolute Gasteiger partial charge is 0.355 e. The summed E-state index contributed by atoms with van der Waals surface area (Å²) in [5, 5.41) is 2.16. The number of unbranched alkanes of at least 4 members (excludes halogenated alkanes) is 1. The van der Waals surface area contributed by atoms with Crippen LogP contribution in [0.2, 0.25) is 0 Å². The lowest BCUT2D eigenvalue weighted by Gasteiger charge is -2.23. The molecule has 0 saturated heterocycles. The number of anilines is 1. The predicted molar refractivity (Wildman–Crippen MR) is 83.1 cm³/mol. The van der Waals surface area contributed by atoms with Crippen molar-refractivity contribution in [2.45, 2.75) is 26.7 Å². The van der Waals surface area contributed by atoms with E-state index >= 15 is 0 Å². The molecule has 0 aliphatic carbocycles. The summed E-state index contributed by atoms with van der Waals surface area (Å²) in [5.41, 5.74) is 0. The third-order valence-corrected chi connectivity index (χ3v) is 4.18. The van der Waals surface area contributed by atoms with Crippen LogP contribution in [0.3, 0.4) is 0 Å². The quantitative estimate of drug-likeness (QED) is 0.751. The monoisotopic (exact) mass is 327 g/mol. The van der Waals surface area contributed by atoms with Gasteiger partial charge in [-0.25, -0.2) is 9.97 Å². The Morgan fingerprint density at radius 3 is 2.89 bits per heavy atom. The Hall–Kier alpha value is -0.680. The number of halogens is 1. The lowest BCUT2D eigenvalue weighted by molar-refractivity contribution is 0.729. The second kappa shape index (κ2) is 6.48. The molecule has 0 atom stereocenters. The van der Waals surface area contributed by atoms with Crippen LogP contribution in [0.15, 0.2) is 12.4 Å². The standard InChI is InChI=1S/C13H18BrN3S/c1-3-4-6-17(7-5-14)12-11-8-10(2)18-13(11)16-9-15-12/h8-9H,3-7H2,1-2H3. The summed E-state index contributed by atoms with van der Waals surface area (Å²) in [6, 6.07) is 2.20. The van der Waals surface area contributed by atoms with Gasteiger partial charge in [-0.3, -0.25) is 0 Å². The van der Waals surface area contributed by atoms with Crippen molar-refractivity contribution in [1.82, 2.24) is 9.97 Å². The Labute approximate surface area is 120 Å². The average Bonchev–Trinajstić information content (AvgIpc) is 2.74. The zero-order valence-electron chi connectivity index (χ0n) is 10.8. The van der Waals surface area contributed by atoms with E-state index in [0.29, 0.717) is 0 Å². The van der Waals surface area contributed by atoms with Crippen LogP contribution in [-0.4, -0.2) is 28.4 Å². The molecule has 0 aliphatic heterocycles. The molecule has 0 fully saturated rings. The normalized spacial score (nSPS) is 11.1. The summed E-state index contributed by atoms with van der Waals surface area (Å²) < 4.78 is 0. The van der Waals surface area contributed by atoms with Crippen LogP contribution in [0.25, 0.3) is 10.2 Å². The van der Waals surface area contributed by atoms with Crippen LogP contribution in [0, 0.1) is 6.92 Å². The van der Waals surface area contributed by atoms with Gasteiger partial charge in [-0.1, -0.05) is 29.3 Å². The Kier molecular flexibility index (Phi) is 4.95. The number of hydrogen-bond donors (Lipinski definition) is 0. The summed E-state index contributed by atoms with van der Waals surface area (Å²) in [4.78, 5) is 13.6. The highest BCUT2D eigenvalue weighted by atomic mass is 79.9. The van der Waals surface area contributed by atoms with Gasteiger partial charge in [0, 0.05) is 23.3 Å². The van der Waals surface area contributed by atoms with Gasteiger partial charge < -0.3 is 4.90 Å². The van der Waals surface area contributed by atoms with Gasteiger partial charge in [-0.2, -0.15) is 0 Å². The van der Waals surface area contributed by atoms with Crippen molar-refractivity contribution in [3.63, 3.8) is 0 Å². The van der Waals surface area contributed by atoms with Crippen LogP contribution in [0.1, 0.15) is 24.6 Å². The minimum atomic E-state index is 0.964. The number of nitrogens with zero attached hydrogens (tertiary/aromatic N) is 3. The average molecular weight is 328 g/mol. The zero-order valence-corrected chi connectivity index (χ0v) is 13.2. The molecule has 3 nitrogen and oxygen atoms in total. The first-order valence-electron chi connectivity index (χ1n) is 6.28. The second-order valence-corrected chi connectivity index (χ2v) is 6.33. The molecule has 98 valence electrons. The lowest BCUT2D eigenvalue weighted by Crippen LogP contribution is -2.27. The maximum absolute atomic E-state index is 4.49. The van der Waals surface area contributed by atoms with E-state index < -0.39 is 0 Å². The smallest absolute Gasteiger partial charge is 0.140 e. The molecule has 0 unspecified atom stereocenters. The Balaban J connectivity index is 2.36. The fourth-order valence-corrected chi connectivity index (χ4v) is 3.26. The van der Waals surface area contributed by atoms with Gasteiger partial charge in [-0.05, 0) is 19.4 Å². The number of thiophene rings is 1. The maximum Gasteiger partial charge on any atom is 0.140 e. The van der Waals surface area contributed by atoms with Gasteiger partial charge in [0.25, 0.3) is 0 Å². The molecular weight excluding hydrogens is 310 g/mol. The van der Waals surface area contributed by atoms with Crippen molar-refractivity contribution in [3.8, 4) is 0 Å². The van der Waals surface area contributed by atoms with E-state index in [-0.39, 0.29) is 0 Å². The number of fused-ring (bicyclic) bond motifs is 1. The molecular formula is C13H18BrN3S. The minimum absolute atomic E-state index is 0.964. The molecule has 5 heteroatoms. The van der Waals surface area contributed by atoms with E-state index in [1.54, 1.807) is 17.7 Å². The minimum Gasteiger partial charge on any atom is -0.355 e. The van der Waals surface area contributed by atoms with Crippen molar-refractivity contribution in [1.29, 1.82) is 0 Å². The molecule has 0 radical (unpaired) electrons. The molecule has 0 aromatic carbocycles. The SMILES string of the molecule is CCCCN(CCBr)c1ncnc2sc(C)cc12. The van der Waals surface area contributed by atoms with Gasteiger partial charge in [0.2, 0.25) is 0 Å². The molecule has 0 amide bonds. The summed E-state index contributed by atoms with van der Waals surface area (Å²) in [7, 11) is 0. The number of alkyl halides is 1. The van der Waals surface area contributed by atoms with E-state index in [0.717, 1.165) is 29.1 Å². The lowest BCUT2D eigenvalue weighted by atomic mass is 10.2. The van der Waals surface area contributed by atoms with Crippen LogP contribution < -0.4 is 4.90 Å². The highest BCUT2D eigenvalue weighted by Gasteiger charge is 2.13. The van der Waals surface area contributed by atoms with E-state index in [9.17, 15) is 0 Å². The van der Waals surface area contributed by atoms with E-state index in [1.807, 2.05) is 0 Å². The molecule has 0 spiro atoms. The van der Waals surface area contributed by atoms with E-state index in [1.165, 1.54) is 23.1 Å². The first-order valence-corrected chi connectivity index (χ1v) is 8.22. The topological polar surface area (TPSA) is 29.0 Å². The van der Waals surface area contributed by atoms with Crippen molar-refractivity contribution in [2.24, 2.45) is 0 Å². The Morgan fingerprint density at radius 2 is 2.17 bits per heavy atom. The van der Waals surface area contributed by atoms with Gasteiger partial charge in [0.05, 0.1) is 5.39 Å². The second-order valence-electron chi connectivity index (χ2n) is 4.30. The van der Waals surface area contributed by atoms with E-state index in [4.69, 9.17) is 0 Å². The number of aryl methyl sites for hydroxylation is 1. The first kappa shape index (κ1) is 13.7. The molecule has 2 heterocycles. The summed E-state index contributed by atoms with van der Waals surface area (Å²) in [6.07, 6.45) is 4.08. The molecule has 0 bridgehead atoms. The summed E-state index contributed by atoms with van der Waals surface area (Å²) in [6.45, 7) is 6.39. The van der Waals surface area contributed by atoms with Crippen LogP contribution in [-0.2, 0) is 0 Å². The fourth-order valence-electron chi connectivity index (χ4n) is 1.99. The highest BCUT2D eigenvalue weighted by Crippen LogP contribution is 2.29. The highest BCUT2D eigenvalue weighted by molar-refractivity contribution is 9.09. The Morgan fingerprint density at radius 1 is 1.33 bits per heavy atom. The van der Waals surface area contributed by atoms with Crippen molar-refractivity contribution >= 4 is 43.3 Å². The third kappa shape index (κ3) is 3.01. The summed E-state index contributed by atoms with van der Waals surface area (Å²) >= 11 is 5.26. The maximum atomic E-state index is 4.49. The number of aromatic nitrogens is 2. The summed E-state index contributed by atoms with van der Waals surface area (Å²) in [5.74, 6) is 1.08. The molecule has 18 heavy (non-hydrogen) atoms. The van der Waals surface area contributed by atoms with Crippen LogP contribution in [0.5, 0.6) is 0 Å². The van der Waals surface area contributed by atoms with Crippen LogP contribution in [0.4, 0.5) is 5.82 Å². The fraction of sp³-hybridized carbons (Fsp3) is 0.538. The molecule has 2 aromatic heterocycles. The van der Waals surface area contributed by atoms with Gasteiger partial charge in [-0.15, -0.1) is 11.3 Å². The van der Waals surface area contributed by atoms with Crippen molar-refractivity contribution in [3.05, 3.63) is 17.3 Å². The van der Waals surface area contributed by atoms with Crippen molar-refractivity contribution in [2.75, 3.05) is 23.3 Å². The first-order chi connectivity index (χ1) is 8.76. The van der Waals surface area contributed by atoms with Crippen molar-refractivity contribution < 1.29 is 0 Å². The molecule has 0 aliphatic rings. The molecule has 0 saturated carbocycles. The zero-order chi connectivity index (χ0) is 13.0. The Bertz CT molecular complexity index is 512. The van der Waals surface area contributed by atoms with Crippen LogP contribution >= 0.6 is 27.3 Å². The molecule has 2 rings (SSSR count). The predicted octanol–water partition coefficient (Wildman–Crippen LogP) is 4.00. The molecule has 0 N–H and O–H groups in total. The van der Waals surface area contributed by atoms with Gasteiger partial charge in [0.15, 0.2) is 0 Å². The third-order valence-electron chi connectivity index (χ3n) is 2.87.